The molecule has 0 radical (unpaired) electrons. The number of nitrogens with one attached hydrogen (secondary N) is 1. The van der Waals surface area contributed by atoms with Crippen molar-refractivity contribution in [1.82, 2.24) is 10.3 Å². The molecule has 1 aliphatic heterocycles. The van der Waals surface area contributed by atoms with Crippen molar-refractivity contribution in [3.05, 3.63) is 83.6 Å². The van der Waals surface area contributed by atoms with Gasteiger partial charge in [-0.05, 0) is 53.6 Å². The van der Waals surface area contributed by atoms with Crippen LogP contribution in [0.4, 0.5) is 5.82 Å². The van der Waals surface area contributed by atoms with E-state index in [1.54, 1.807) is 18.3 Å². The number of amides is 1. The number of hydrogen-bond donors (Lipinski definition) is 5. The number of nitrogens with zero attached hydrogens (tertiary/aromatic N) is 1. The van der Waals surface area contributed by atoms with Crippen molar-refractivity contribution >= 4 is 22.3 Å². The number of carbonyl (C=O) groups excluding carboxylic acids is 1. The van der Waals surface area contributed by atoms with Crippen LogP contribution in [-0.4, -0.2) is 43.2 Å². The first-order chi connectivity index (χ1) is 15.9. The zero-order valence-corrected chi connectivity index (χ0v) is 19.0. The largest absolute Gasteiger partial charge is 0.394 e. The van der Waals surface area contributed by atoms with Crippen LogP contribution < -0.4 is 11.1 Å². The molecule has 0 saturated carbocycles. The maximum Gasteiger partial charge on any atom is 0.251 e. The van der Waals surface area contributed by atoms with Gasteiger partial charge in [0, 0.05) is 28.8 Å². The van der Waals surface area contributed by atoms with Gasteiger partial charge < -0.3 is 16.2 Å². The lowest BCUT2D eigenvalue weighted by Gasteiger charge is -2.39. The van der Waals surface area contributed by atoms with E-state index < -0.39 is 16.6 Å². The molecule has 1 saturated heterocycles. The molecule has 8 heteroatoms. The zero-order valence-electron chi connectivity index (χ0n) is 18.2. The third-order valence-electron chi connectivity index (χ3n) is 6.15. The lowest BCUT2D eigenvalue weighted by molar-refractivity contribution is 0.0916. The number of benzene rings is 2. The second kappa shape index (κ2) is 9.93. The minimum Gasteiger partial charge on any atom is -0.394 e. The van der Waals surface area contributed by atoms with Crippen molar-refractivity contribution in [1.29, 1.82) is 0 Å². The molecule has 3 aromatic rings. The van der Waals surface area contributed by atoms with Crippen LogP contribution in [0.3, 0.4) is 0 Å². The monoisotopic (exact) mass is 467 g/mol. The molecule has 1 amide bonds. The lowest BCUT2D eigenvalue weighted by atomic mass is 9.92. The summed E-state index contributed by atoms with van der Waals surface area (Å²) in [6, 6.07) is 18.0. The van der Waals surface area contributed by atoms with E-state index in [9.17, 15) is 19.0 Å². The summed E-state index contributed by atoms with van der Waals surface area (Å²) >= 11 is 0. The van der Waals surface area contributed by atoms with Crippen LogP contribution in [0.1, 0.15) is 46.3 Å². The molecule has 174 valence electrons. The highest BCUT2D eigenvalue weighted by atomic mass is 32.3. The van der Waals surface area contributed by atoms with Gasteiger partial charge in [-0.1, -0.05) is 42.5 Å². The zero-order chi connectivity index (χ0) is 23.4. The van der Waals surface area contributed by atoms with Crippen molar-refractivity contribution in [3.63, 3.8) is 0 Å². The lowest BCUT2D eigenvalue weighted by Crippen LogP contribution is -2.30. The highest BCUT2D eigenvalue weighted by molar-refractivity contribution is 8.24. The molecule has 0 unspecified atom stereocenters. The molecule has 7 nitrogen and oxygen atoms in total. The maximum atomic E-state index is 12.7. The van der Waals surface area contributed by atoms with Crippen LogP contribution >= 0.6 is 10.6 Å². The summed E-state index contributed by atoms with van der Waals surface area (Å²) in [5.74, 6) is 1.18. The number of carbonyl (C=O) groups is 1. The van der Waals surface area contributed by atoms with E-state index in [2.05, 4.69) is 10.3 Å². The van der Waals surface area contributed by atoms with E-state index in [0.29, 0.717) is 35.7 Å². The number of aliphatic hydroxyl groups excluding tert-OH is 1. The van der Waals surface area contributed by atoms with E-state index in [0.717, 1.165) is 22.3 Å². The molecular formula is C25H29N3O4S. The van der Waals surface area contributed by atoms with E-state index in [-0.39, 0.29) is 18.4 Å². The average Bonchev–Trinajstić information content (AvgIpc) is 2.83. The summed E-state index contributed by atoms with van der Waals surface area (Å²) in [6.07, 6.45) is 3.18. The van der Waals surface area contributed by atoms with Gasteiger partial charge in [-0.15, -0.1) is 0 Å². The Morgan fingerprint density at radius 2 is 1.76 bits per heavy atom. The van der Waals surface area contributed by atoms with Gasteiger partial charge in [-0.2, -0.15) is 10.6 Å². The molecule has 4 rings (SSSR count). The molecular weight excluding hydrogens is 438 g/mol. The topological polar surface area (TPSA) is 129 Å². The molecule has 33 heavy (non-hydrogen) atoms. The van der Waals surface area contributed by atoms with Gasteiger partial charge in [0.1, 0.15) is 5.82 Å². The normalized spacial score (nSPS) is 17.8. The summed E-state index contributed by atoms with van der Waals surface area (Å²) in [4.78, 5) is 17.1. The van der Waals surface area contributed by atoms with Gasteiger partial charge in [-0.3, -0.25) is 13.9 Å². The summed E-state index contributed by atoms with van der Waals surface area (Å²) in [6.45, 7) is -0.195. The number of nitrogen functional groups attached to an aromatic ring is 1. The highest BCUT2D eigenvalue weighted by Gasteiger charge is 2.26. The highest BCUT2D eigenvalue weighted by Crippen LogP contribution is 2.48. The van der Waals surface area contributed by atoms with Crippen molar-refractivity contribution < 1.29 is 19.0 Å². The number of anilines is 1. The molecule has 6 N–H and O–H groups in total. The van der Waals surface area contributed by atoms with Crippen LogP contribution in [0, 0.1) is 0 Å². The second-order valence-corrected chi connectivity index (χ2v) is 10.8. The van der Waals surface area contributed by atoms with Crippen molar-refractivity contribution in [2.75, 3.05) is 23.8 Å². The Morgan fingerprint density at radius 3 is 2.39 bits per heavy atom. The van der Waals surface area contributed by atoms with Gasteiger partial charge >= 0.3 is 0 Å². The maximum absolute atomic E-state index is 12.7. The van der Waals surface area contributed by atoms with Crippen LogP contribution in [0.5, 0.6) is 0 Å². The number of aromatic nitrogens is 1. The molecule has 1 atom stereocenters. The fourth-order valence-electron chi connectivity index (χ4n) is 4.15. The number of hydrogen-bond acceptors (Lipinski definition) is 6. The minimum absolute atomic E-state index is 0.195. The van der Waals surface area contributed by atoms with Gasteiger partial charge in [0.2, 0.25) is 0 Å². The third-order valence-corrected chi connectivity index (χ3v) is 7.92. The number of rotatable bonds is 6. The smallest absolute Gasteiger partial charge is 0.251 e. The van der Waals surface area contributed by atoms with Crippen LogP contribution in [-0.2, 0) is 0 Å². The van der Waals surface area contributed by atoms with E-state index in [1.807, 2.05) is 48.5 Å². The summed E-state index contributed by atoms with van der Waals surface area (Å²) < 4.78 is 19.8. The SMILES string of the molecule is Nc1ncc(C2CCS(O)(O)CC2)cc1-c1ccc(C(=O)N[C@H](CO)c2ccccc2)cc1. The first kappa shape index (κ1) is 23.3. The Bertz CT molecular complexity index is 1100. The Hall–Kier alpha value is -2.91. The minimum atomic E-state index is -2.43. The Labute approximate surface area is 195 Å². The van der Waals surface area contributed by atoms with E-state index in [1.165, 1.54) is 0 Å². The number of nitrogens with two attached hydrogens (primary N) is 1. The average molecular weight is 468 g/mol. The summed E-state index contributed by atoms with van der Waals surface area (Å²) in [7, 11) is -2.43. The predicted octanol–water partition coefficient (Wildman–Crippen LogP) is 4.42. The van der Waals surface area contributed by atoms with Crippen molar-refractivity contribution in [2.24, 2.45) is 0 Å². The Balaban J connectivity index is 1.49. The molecule has 1 fully saturated rings. The number of pyridine rings is 1. The van der Waals surface area contributed by atoms with Gasteiger partial charge in [0.05, 0.1) is 12.6 Å². The standard InChI is InChI=1S/C25H29N3O4S/c26-24-22(14-21(15-27-24)17-10-12-33(31,32)13-11-17)18-6-8-20(9-7-18)25(30)28-23(16-29)19-4-2-1-3-5-19/h1-9,14-15,17,23,29,31-32H,10-13,16H2,(H2,26,27)(H,28,30)/t23-/m1/s1. The van der Waals surface area contributed by atoms with Gasteiger partial charge in [-0.25, -0.2) is 4.98 Å². The van der Waals surface area contributed by atoms with Crippen LogP contribution in [0.25, 0.3) is 11.1 Å². The molecule has 0 spiro atoms. The van der Waals surface area contributed by atoms with Crippen molar-refractivity contribution in [2.45, 2.75) is 24.8 Å². The molecule has 1 aliphatic rings. The Kier molecular flexibility index (Phi) is 6.99. The third kappa shape index (κ3) is 5.54. The summed E-state index contributed by atoms with van der Waals surface area (Å²) in [5, 5.41) is 12.6. The predicted molar refractivity (Wildman–Crippen MR) is 132 cm³/mol. The summed E-state index contributed by atoms with van der Waals surface area (Å²) in [5.41, 5.74) is 10.1. The van der Waals surface area contributed by atoms with Crippen molar-refractivity contribution in [3.8, 4) is 11.1 Å². The second-order valence-electron chi connectivity index (χ2n) is 8.38. The van der Waals surface area contributed by atoms with Gasteiger partial charge in [0.25, 0.3) is 5.91 Å². The molecule has 2 aromatic carbocycles. The number of aliphatic hydroxyl groups is 1. The van der Waals surface area contributed by atoms with Gasteiger partial charge in [0.15, 0.2) is 0 Å². The van der Waals surface area contributed by atoms with Crippen LogP contribution in [0.15, 0.2) is 66.9 Å². The molecule has 2 heterocycles. The molecule has 0 aliphatic carbocycles. The fraction of sp³-hybridized carbons (Fsp3) is 0.280. The molecule has 0 bridgehead atoms. The fourth-order valence-corrected chi connectivity index (χ4v) is 5.68. The first-order valence-corrected chi connectivity index (χ1v) is 12.8. The van der Waals surface area contributed by atoms with E-state index in [4.69, 9.17) is 5.73 Å². The molecule has 1 aromatic heterocycles. The van der Waals surface area contributed by atoms with E-state index >= 15 is 0 Å². The van der Waals surface area contributed by atoms with Crippen LogP contribution in [0.2, 0.25) is 0 Å². The Morgan fingerprint density at radius 1 is 1.09 bits per heavy atom. The quantitative estimate of drug-likeness (QED) is 0.365. The first-order valence-electron chi connectivity index (χ1n) is 10.9.